The fraction of sp³-hybridized carbons (Fsp3) is 0.312. The summed E-state index contributed by atoms with van der Waals surface area (Å²) in [5, 5.41) is 12.8. The second-order valence-electron chi connectivity index (χ2n) is 5.24. The van der Waals surface area contributed by atoms with Crippen LogP contribution in [0.3, 0.4) is 0 Å². The van der Waals surface area contributed by atoms with Crippen LogP contribution in [0.1, 0.15) is 36.8 Å². The Morgan fingerprint density at radius 2 is 2.05 bits per heavy atom. The highest BCUT2D eigenvalue weighted by atomic mass is 15.3. The van der Waals surface area contributed by atoms with Gasteiger partial charge < -0.3 is 5.73 Å². The predicted octanol–water partition coefficient (Wildman–Crippen LogP) is 2.54. The van der Waals surface area contributed by atoms with Crippen molar-refractivity contribution < 1.29 is 0 Å². The summed E-state index contributed by atoms with van der Waals surface area (Å²) in [6, 6.07) is 10.3. The van der Waals surface area contributed by atoms with E-state index in [1.54, 1.807) is 0 Å². The van der Waals surface area contributed by atoms with Crippen molar-refractivity contribution in [3.63, 3.8) is 0 Å². The number of nitrogens with zero attached hydrogens (tertiary/aromatic N) is 4. The van der Waals surface area contributed by atoms with E-state index in [0.717, 1.165) is 24.2 Å². The fourth-order valence-electron chi connectivity index (χ4n) is 2.60. The molecule has 0 saturated heterocycles. The SMILES string of the molecule is CCCn1cc(C2=NN=C(N)CC2c2ccccc2)cn1. The van der Waals surface area contributed by atoms with Crippen molar-refractivity contribution in [3.8, 4) is 0 Å². The number of hydrogen-bond donors (Lipinski definition) is 1. The summed E-state index contributed by atoms with van der Waals surface area (Å²) in [6.07, 6.45) is 5.65. The van der Waals surface area contributed by atoms with Crippen LogP contribution in [0.4, 0.5) is 0 Å². The number of nitrogens with two attached hydrogens (primary N) is 1. The van der Waals surface area contributed by atoms with Gasteiger partial charge in [0, 0.05) is 30.6 Å². The minimum Gasteiger partial charge on any atom is -0.386 e. The highest BCUT2D eigenvalue weighted by Crippen LogP contribution is 2.27. The third-order valence-electron chi connectivity index (χ3n) is 3.61. The van der Waals surface area contributed by atoms with Crippen LogP contribution in [0, 0.1) is 0 Å². The molecule has 1 aromatic carbocycles. The predicted molar refractivity (Wildman–Crippen MR) is 84.5 cm³/mol. The zero-order valence-corrected chi connectivity index (χ0v) is 12.1. The molecule has 2 N–H and O–H groups in total. The van der Waals surface area contributed by atoms with Gasteiger partial charge in [-0.05, 0) is 12.0 Å². The Balaban J connectivity index is 1.96. The molecule has 0 radical (unpaired) electrons. The van der Waals surface area contributed by atoms with Crippen molar-refractivity contribution in [2.75, 3.05) is 0 Å². The Labute approximate surface area is 124 Å². The van der Waals surface area contributed by atoms with Gasteiger partial charge in [-0.25, -0.2) is 0 Å². The number of aromatic nitrogens is 2. The molecule has 3 rings (SSSR count). The van der Waals surface area contributed by atoms with Gasteiger partial charge in [0.1, 0.15) is 5.84 Å². The van der Waals surface area contributed by atoms with Crippen LogP contribution in [0.15, 0.2) is 52.9 Å². The van der Waals surface area contributed by atoms with Crippen molar-refractivity contribution in [2.24, 2.45) is 15.9 Å². The Bertz CT molecular complexity index is 669. The van der Waals surface area contributed by atoms with E-state index in [-0.39, 0.29) is 5.92 Å². The van der Waals surface area contributed by atoms with Gasteiger partial charge in [-0.3, -0.25) is 4.68 Å². The van der Waals surface area contributed by atoms with E-state index in [1.807, 2.05) is 35.3 Å². The van der Waals surface area contributed by atoms with E-state index >= 15 is 0 Å². The third kappa shape index (κ3) is 2.86. The molecule has 1 atom stereocenters. The van der Waals surface area contributed by atoms with E-state index in [2.05, 4.69) is 34.4 Å². The summed E-state index contributed by atoms with van der Waals surface area (Å²) in [5.41, 5.74) is 9.05. The van der Waals surface area contributed by atoms with Crippen LogP contribution in [-0.2, 0) is 6.54 Å². The van der Waals surface area contributed by atoms with Gasteiger partial charge >= 0.3 is 0 Å². The molecule has 21 heavy (non-hydrogen) atoms. The molecule has 0 amide bonds. The molecular weight excluding hydrogens is 262 g/mol. The van der Waals surface area contributed by atoms with E-state index < -0.39 is 0 Å². The molecule has 108 valence electrons. The molecule has 0 fully saturated rings. The van der Waals surface area contributed by atoms with Gasteiger partial charge in [0.2, 0.25) is 0 Å². The second kappa shape index (κ2) is 5.91. The number of amidine groups is 1. The van der Waals surface area contributed by atoms with Gasteiger partial charge in [0.05, 0.1) is 11.9 Å². The highest BCUT2D eigenvalue weighted by Gasteiger charge is 2.25. The van der Waals surface area contributed by atoms with Gasteiger partial charge in [-0.15, -0.1) is 5.10 Å². The quantitative estimate of drug-likeness (QED) is 0.935. The largest absolute Gasteiger partial charge is 0.386 e. The van der Waals surface area contributed by atoms with Gasteiger partial charge in [-0.1, -0.05) is 37.3 Å². The number of aryl methyl sites for hydroxylation is 1. The summed E-state index contributed by atoms with van der Waals surface area (Å²) in [7, 11) is 0. The molecule has 0 spiro atoms. The van der Waals surface area contributed by atoms with Gasteiger partial charge in [-0.2, -0.15) is 10.2 Å². The highest BCUT2D eigenvalue weighted by molar-refractivity contribution is 6.08. The van der Waals surface area contributed by atoms with Crippen LogP contribution in [0.25, 0.3) is 0 Å². The minimum atomic E-state index is 0.142. The number of benzene rings is 1. The molecule has 5 nitrogen and oxygen atoms in total. The molecule has 1 aliphatic rings. The average molecular weight is 281 g/mol. The van der Waals surface area contributed by atoms with Crippen LogP contribution >= 0.6 is 0 Å². The van der Waals surface area contributed by atoms with E-state index in [0.29, 0.717) is 12.3 Å². The maximum absolute atomic E-state index is 5.88. The number of rotatable bonds is 4. The molecule has 1 unspecified atom stereocenters. The lowest BCUT2D eigenvalue weighted by Gasteiger charge is -2.20. The lowest BCUT2D eigenvalue weighted by molar-refractivity contribution is 0.602. The molecule has 0 saturated carbocycles. The summed E-state index contributed by atoms with van der Waals surface area (Å²) in [4.78, 5) is 0. The summed E-state index contributed by atoms with van der Waals surface area (Å²) in [6.45, 7) is 3.05. The Hall–Kier alpha value is -2.43. The van der Waals surface area contributed by atoms with Gasteiger partial charge in [0.15, 0.2) is 0 Å². The van der Waals surface area contributed by atoms with Crippen molar-refractivity contribution in [2.45, 2.75) is 32.2 Å². The zero-order valence-electron chi connectivity index (χ0n) is 12.1. The first-order valence-corrected chi connectivity index (χ1v) is 7.25. The van der Waals surface area contributed by atoms with Crippen molar-refractivity contribution in [3.05, 3.63) is 53.9 Å². The molecule has 0 aliphatic carbocycles. The first-order valence-electron chi connectivity index (χ1n) is 7.25. The normalized spacial score (nSPS) is 18.2. The van der Waals surface area contributed by atoms with Crippen LogP contribution in [-0.4, -0.2) is 21.3 Å². The maximum atomic E-state index is 5.88. The topological polar surface area (TPSA) is 68.6 Å². The van der Waals surface area contributed by atoms with Crippen LogP contribution < -0.4 is 5.73 Å². The molecule has 0 bridgehead atoms. The molecule has 5 heteroatoms. The summed E-state index contributed by atoms with van der Waals surface area (Å²) < 4.78 is 1.95. The van der Waals surface area contributed by atoms with Gasteiger partial charge in [0.25, 0.3) is 0 Å². The van der Waals surface area contributed by atoms with Crippen molar-refractivity contribution in [1.82, 2.24) is 9.78 Å². The van der Waals surface area contributed by atoms with Crippen LogP contribution in [0.5, 0.6) is 0 Å². The first-order chi connectivity index (χ1) is 10.3. The second-order valence-corrected chi connectivity index (χ2v) is 5.24. The average Bonchev–Trinajstić information content (AvgIpc) is 2.97. The molecular formula is C16H19N5. The monoisotopic (exact) mass is 281 g/mol. The Morgan fingerprint density at radius 1 is 1.24 bits per heavy atom. The Morgan fingerprint density at radius 3 is 2.81 bits per heavy atom. The summed E-state index contributed by atoms with van der Waals surface area (Å²) >= 11 is 0. The van der Waals surface area contributed by atoms with Crippen molar-refractivity contribution in [1.29, 1.82) is 0 Å². The van der Waals surface area contributed by atoms with Crippen molar-refractivity contribution >= 4 is 11.5 Å². The lowest BCUT2D eigenvalue weighted by atomic mass is 9.87. The first kappa shape index (κ1) is 13.5. The molecule has 1 aromatic heterocycles. The molecule has 2 heterocycles. The minimum absolute atomic E-state index is 0.142. The summed E-state index contributed by atoms with van der Waals surface area (Å²) in [5.74, 6) is 0.719. The van der Waals surface area contributed by atoms with E-state index in [1.165, 1.54) is 5.56 Å². The Kier molecular flexibility index (Phi) is 3.81. The third-order valence-corrected chi connectivity index (χ3v) is 3.61. The fourth-order valence-corrected chi connectivity index (χ4v) is 2.60. The zero-order chi connectivity index (χ0) is 14.7. The number of hydrogen-bond acceptors (Lipinski definition) is 4. The maximum Gasteiger partial charge on any atom is 0.123 e. The molecule has 2 aromatic rings. The van der Waals surface area contributed by atoms with Crippen LogP contribution in [0.2, 0.25) is 0 Å². The van der Waals surface area contributed by atoms with E-state index in [9.17, 15) is 0 Å². The molecule has 1 aliphatic heterocycles. The standard InChI is InChI=1S/C16H19N5/c1-2-8-21-11-13(10-18-21)16-14(9-15(17)19-20-16)12-6-4-3-5-7-12/h3-7,10-11,14H,2,8-9H2,1H3,(H2,17,19). The lowest BCUT2D eigenvalue weighted by Crippen LogP contribution is -2.25. The van der Waals surface area contributed by atoms with E-state index in [4.69, 9.17) is 5.73 Å². The smallest absolute Gasteiger partial charge is 0.123 e.